The van der Waals surface area contributed by atoms with Gasteiger partial charge in [0.25, 0.3) is 0 Å². The van der Waals surface area contributed by atoms with Gasteiger partial charge in [0.15, 0.2) is 0 Å². The molecule has 1 atom stereocenters. The summed E-state index contributed by atoms with van der Waals surface area (Å²) in [4.78, 5) is 2.21. The van der Waals surface area contributed by atoms with Crippen LogP contribution in [0.5, 0.6) is 0 Å². The number of hydrogen-bond acceptors (Lipinski definition) is 2. The average molecular weight is 285 g/mol. The topological polar surface area (TPSA) is 15.3 Å². The molecule has 0 bridgehead atoms. The zero-order valence-corrected chi connectivity index (χ0v) is 11.9. The minimum Gasteiger partial charge on any atom is -0.310 e. The standard InChI is InChI=1S/C13H21BrN2/c1-11(15-9-4-10-16(2)3)12-5-7-13(14)8-6-12/h5-8,11,15H,4,9-10H2,1-3H3/t11-/m0/s1. The fourth-order valence-electron chi connectivity index (χ4n) is 1.58. The molecule has 0 aliphatic rings. The van der Waals surface area contributed by atoms with Crippen molar-refractivity contribution >= 4 is 15.9 Å². The fraction of sp³-hybridized carbons (Fsp3) is 0.538. The van der Waals surface area contributed by atoms with Crippen LogP contribution in [0.25, 0.3) is 0 Å². The molecule has 0 saturated carbocycles. The number of rotatable bonds is 6. The molecule has 1 rings (SSSR count). The number of hydrogen-bond donors (Lipinski definition) is 1. The van der Waals surface area contributed by atoms with Crippen molar-refractivity contribution in [2.45, 2.75) is 19.4 Å². The molecule has 1 N–H and O–H groups in total. The normalized spacial score (nSPS) is 13.1. The minimum absolute atomic E-state index is 0.426. The monoisotopic (exact) mass is 284 g/mol. The molecule has 0 aliphatic carbocycles. The average Bonchev–Trinajstić information content (AvgIpc) is 2.25. The highest BCUT2D eigenvalue weighted by molar-refractivity contribution is 9.10. The summed E-state index contributed by atoms with van der Waals surface area (Å²) in [5.74, 6) is 0. The summed E-state index contributed by atoms with van der Waals surface area (Å²) >= 11 is 3.45. The number of nitrogens with one attached hydrogen (secondary N) is 1. The van der Waals surface area contributed by atoms with Gasteiger partial charge in [-0.3, -0.25) is 0 Å². The third kappa shape index (κ3) is 5.10. The molecule has 2 nitrogen and oxygen atoms in total. The highest BCUT2D eigenvalue weighted by Gasteiger charge is 2.03. The molecular formula is C13H21BrN2. The molecule has 0 radical (unpaired) electrons. The molecule has 0 unspecified atom stereocenters. The second-order valence-corrected chi connectivity index (χ2v) is 5.30. The predicted octanol–water partition coefficient (Wildman–Crippen LogP) is 3.05. The van der Waals surface area contributed by atoms with E-state index < -0.39 is 0 Å². The van der Waals surface area contributed by atoms with Crippen molar-refractivity contribution in [3.8, 4) is 0 Å². The van der Waals surface area contributed by atoms with Crippen molar-refractivity contribution in [1.29, 1.82) is 0 Å². The molecule has 0 saturated heterocycles. The van der Waals surface area contributed by atoms with E-state index >= 15 is 0 Å². The Kier molecular flexibility index (Phi) is 6.03. The number of halogens is 1. The number of nitrogens with zero attached hydrogens (tertiary/aromatic N) is 1. The molecule has 1 aromatic carbocycles. The van der Waals surface area contributed by atoms with Gasteiger partial charge in [0.1, 0.15) is 0 Å². The van der Waals surface area contributed by atoms with Gasteiger partial charge in [-0.1, -0.05) is 28.1 Å². The molecule has 90 valence electrons. The lowest BCUT2D eigenvalue weighted by Gasteiger charge is -2.15. The van der Waals surface area contributed by atoms with Crippen LogP contribution >= 0.6 is 15.9 Å². The van der Waals surface area contributed by atoms with Gasteiger partial charge in [-0.15, -0.1) is 0 Å². The smallest absolute Gasteiger partial charge is 0.0291 e. The van der Waals surface area contributed by atoms with E-state index in [0.717, 1.165) is 17.6 Å². The minimum atomic E-state index is 0.426. The van der Waals surface area contributed by atoms with Crippen LogP contribution in [0.3, 0.4) is 0 Å². The summed E-state index contributed by atoms with van der Waals surface area (Å²) in [6, 6.07) is 8.93. The van der Waals surface area contributed by atoms with Crippen molar-refractivity contribution in [3.05, 3.63) is 34.3 Å². The van der Waals surface area contributed by atoms with E-state index in [9.17, 15) is 0 Å². The SMILES string of the molecule is C[C@H](NCCCN(C)C)c1ccc(Br)cc1. The third-order valence-corrected chi connectivity index (χ3v) is 3.13. The van der Waals surface area contributed by atoms with Crippen molar-refractivity contribution in [3.63, 3.8) is 0 Å². The lowest BCUT2D eigenvalue weighted by atomic mass is 10.1. The van der Waals surface area contributed by atoms with E-state index in [-0.39, 0.29) is 0 Å². The Bertz CT molecular complexity index is 295. The van der Waals surface area contributed by atoms with Crippen LogP contribution in [-0.2, 0) is 0 Å². The predicted molar refractivity (Wildman–Crippen MR) is 73.7 cm³/mol. The van der Waals surface area contributed by atoms with Gasteiger partial charge in [-0.25, -0.2) is 0 Å². The maximum atomic E-state index is 3.53. The first kappa shape index (κ1) is 13.7. The summed E-state index contributed by atoms with van der Waals surface area (Å²) in [5.41, 5.74) is 1.34. The molecular weight excluding hydrogens is 264 g/mol. The van der Waals surface area contributed by atoms with E-state index in [1.165, 1.54) is 12.0 Å². The zero-order valence-electron chi connectivity index (χ0n) is 10.3. The lowest BCUT2D eigenvalue weighted by Crippen LogP contribution is -2.23. The van der Waals surface area contributed by atoms with E-state index in [2.05, 4.69) is 71.4 Å². The van der Waals surface area contributed by atoms with Crippen molar-refractivity contribution in [1.82, 2.24) is 10.2 Å². The summed E-state index contributed by atoms with van der Waals surface area (Å²) in [6.07, 6.45) is 1.19. The molecule has 3 heteroatoms. The summed E-state index contributed by atoms with van der Waals surface area (Å²) in [6.45, 7) is 4.41. The van der Waals surface area contributed by atoms with Gasteiger partial charge in [-0.05, 0) is 58.2 Å². The third-order valence-electron chi connectivity index (χ3n) is 2.60. The first-order chi connectivity index (χ1) is 7.59. The molecule has 0 aliphatic heterocycles. The van der Waals surface area contributed by atoms with Gasteiger partial charge >= 0.3 is 0 Å². The number of benzene rings is 1. The van der Waals surface area contributed by atoms with E-state index in [1.54, 1.807) is 0 Å². The second kappa shape index (κ2) is 7.05. The van der Waals surface area contributed by atoms with Crippen LogP contribution in [0, 0.1) is 0 Å². The highest BCUT2D eigenvalue weighted by atomic mass is 79.9. The fourth-order valence-corrected chi connectivity index (χ4v) is 1.85. The molecule has 16 heavy (non-hydrogen) atoms. The van der Waals surface area contributed by atoms with Crippen LogP contribution < -0.4 is 5.32 Å². The second-order valence-electron chi connectivity index (χ2n) is 4.38. The molecule has 0 fully saturated rings. The van der Waals surface area contributed by atoms with Crippen LogP contribution in [0.2, 0.25) is 0 Å². The molecule has 0 aromatic heterocycles. The summed E-state index contributed by atoms with van der Waals surface area (Å²) in [7, 11) is 4.22. The van der Waals surface area contributed by atoms with Crippen molar-refractivity contribution in [2.24, 2.45) is 0 Å². The molecule has 0 heterocycles. The van der Waals surface area contributed by atoms with E-state index in [0.29, 0.717) is 6.04 Å². The summed E-state index contributed by atoms with van der Waals surface area (Å²) in [5, 5.41) is 3.53. The largest absolute Gasteiger partial charge is 0.310 e. The van der Waals surface area contributed by atoms with Crippen LogP contribution in [0.4, 0.5) is 0 Å². The van der Waals surface area contributed by atoms with Crippen LogP contribution in [0.15, 0.2) is 28.7 Å². The Morgan fingerprint density at radius 2 is 1.88 bits per heavy atom. The summed E-state index contributed by atoms with van der Waals surface area (Å²) < 4.78 is 1.14. The van der Waals surface area contributed by atoms with Gasteiger partial charge < -0.3 is 10.2 Å². The molecule has 0 spiro atoms. The Morgan fingerprint density at radius 3 is 2.44 bits per heavy atom. The van der Waals surface area contributed by atoms with Crippen molar-refractivity contribution in [2.75, 3.05) is 27.2 Å². The van der Waals surface area contributed by atoms with Gasteiger partial charge in [0.2, 0.25) is 0 Å². The maximum absolute atomic E-state index is 3.53. The zero-order chi connectivity index (χ0) is 12.0. The van der Waals surface area contributed by atoms with Crippen molar-refractivity contribution < 1.29 is 0 Å². The van der Waals surface area contributed by atoms with Crippen LogP contribution in [-0.4, -0.2) is 32.1 Å². The molecule has 1 aromatic rings. The quantitative estimate of drug-likeness (QED) is 0.808. The van der Waals surface area contributed by atoms with Gasteiger partial charge in [0.05, 0.1) is 0 Å². The first-order valence-electron chi connectivity index (χ1n) is 5.73. The Morgan fingerprint density at radius 1 is 1.25 bits per heavy atom. The highest BCUT2D eigenvalue weighted by Crippen LogP contribution is 2.16. The van der Waals surface area contributed by atoms with E-state index in [1.807, 2.05) is 0 Å². The maximum Gasteiger partial charge on any atom is 0.0291 e. The Labute approximate surface area is 107 Å². The van der Waals surface area contributed by atoms with Gasteiger partial charge in [0, 0.05) is 10.5 Å². The Hall–Kier alpha value is -0.380. The van der Waals surface area contributed by atoms with Gasteiger partial charge in [-0.2, -0.15) is 0 Å². The van der Waals surface area contributed by atoms with E-state index in [4.69, 9.17) is 0 Å². The Balaban J connectivity index is 2.29. The van der Waals surface area contributed by atoms with Crippen LogP contribution in [0.1, 0.15) is 24.9 Å². The molecule has 0 amide bonds. The lowest BCUT2D eigenvalue weighted by molar-refractivity contribution is 0.389. The first-order valence-corrected chi connectivity index (χ1v) is 6.52.